The van der Waals surface area contributed by atoms with Crippen molar-refractivity contribution in [3.05, 3.63) is 65.2 Å². The summed E-state index contributed by atoms with van der Waals surface area (Å²) in [7, 11) is 0. The van der Waals surface area contributed by atoms with Crippen molar-refractivity contribution < 1.29 is 9.90 Å². The van der Waals surface area contributed by atoms with E-state index < -0.39 is 6.10 Å². The van der Waals surface area contributed by atoms with Gasteiger partial charge in [0.1, 0.15) is 6.07 Å². The number of nitrogens with zero attached hydrogens (tertiary/aromatic N) is 1. The van der Waals surface area contributed by atoms with Crippen LogP contribution in [0.15, 0.2) is 48.5 Å². The number of hydrogen-bond donors (Lipinski definition) is 2. The summed E-state index contributed by atoms with van der Waals surface area (Å²) in [4.78, 5) is 11.4. The van der Waals surface area contributed by atoms with E-state index in [1.54, 1.807) is 18.2 Å². The van der Waals surface area contributed by atoms with E-state index in [0.717, 1.165) is 5.56 Å². The molecular weight excluding hydrogens is 276 g/mol. The lowest BCUT2D eigenvalue weighted by molar-refractivity contribution is 0.101. The van der Waals surface area contributed by atoms with Gasteiger partial charge in [-0.3, -0.25) is 4.79 Å². The first-order valence-electron chi connectivity index (χ1n) is 7.11. The number of aliphatic hydroxyl groups is 1. The summed E-state index contributed by atoms with van der Waals surface area (Å²) in [5.41, 5.74) is 2.62. The lowest BCUT2D eigenvalue weighted by Gasteiger charge is -2.14. The van der Waals surface area contributed by atoms with Crippen molar-refractivity contribution in [2.45, 2.75) is 19.4 Å². The number of Topliss-reactive ketones (excluding diaryl/α,β-unsaturated/α-hetero) is 1. The van der Waals surface area contributed by atoms with E-state index in [0.29, 0.717) is 29.8 Å². The van der Waals surface area contributed by atoms with Crippen molar-refractivity contribution >= 4 is 11.5 Å². The molecule has 4 nitrogen and oxygen atoms in total. The summed E-state index contributed by atoms with van der Waals surface area (Å²) < 4.78 is 0. The third kappa shape index (κ3) is 4.18. The number of nitriles is 1. The third-order valence-electron chi connectivity index (χ3n) is 3.39. The first-order valence-corrected chi connectivity index (χ1v) is 7.11. The van der Waals surface area contributed by atoms with Crippen LogP contribution in [0.5, 0.6) is 0 Å². The van der Waals surface area contributed by atoms with Gasteiger partial charge in [-0.25, -0.2) is 0 Å². The molecule has 2 aromatic carbocycles. The number of aliphatic hydroxyl groups excluding tert-OH is 1. The number of nitrogens with one attached hydrogen (secondary N) is 1. The molecule has 0 aliphatic heterocycles. The number of carbonyl (C=O) groups is 1. The van der Waals surface area contributed by atoms with E-state index in [1.807, 2.05) is 30.3 Å². The third-order valence-corrected chi connectivity index (χ3v) is 3.39. The normalized spacial score (nSPS) is 11.5. The Hall–Kier alpha value is -2.64. The summed E-state index contributed by atoms with van der Waals surface area (Å²) in [5.74, 6) is -0.0580. The molecule has 2 N–H and O–H groups in total. The molecule has 0 heterocycles. The molecule has 0 fully saturated rings. The molecule has 1 atom stereocenters. The van der Waals surface area contributed by atoms with Gasteiger partial charge in [-0.05, 0) is 30.7 Å². The van der Waals surface area contributed by atoms with Crippen LogP contribution in [0.2, 0.25) is 0 Å². The van der Waals surface area contributed by atoms with Crippen LogP contribution in [0.4, 0.5) is 5.69 Å². The number of anilines is 1. The minimum atomic E-state index is -0.574. The minimum Gasteiger partial charge on any atom is -0.391 e. The zero-order chi connectivity index (χ0) is 15.9. The fourth-order valence-corrected chi connectivity index (χ4v) is 2.19. The number of hydrogen-bond acceptors (Lipinski definition) is 4. The van der Waals surface area contributed by atoms with Crippen LogP contribution in [0, 0.1) is 11.3 Å². The van der Waals surface area contributed by atoms with Crippen LogP contribution in [0.25, 0.3) is 0 Å². The summed E-state index contributed by atoms with van der Waals surface area (Å²) in [6, 6.07) is 16.7. The highest BCUT2D eigenvalue weighted by Gasteiger charge is 2.09. The zero-order valence-electron chi connectivity index (χ0n) is 12.4. The Morgan fingerprint density at radius 1 is 1.27 bits per heavy atom. The van der Waals surface area contributed by atoms with Crippen LogP contribution in [-0.4, -0.2) is 23.5 Å². The Morgan fingerprint density at radius 2 is 2.00 bits per heavy atom. The van der Waals surface area contributed by atoms with Gasteiger partial charge < -0.3 is 10.4 Å². The first-order chi connectivity index (χ1) is 10.6. The highest BCUT2D eigenvalue weighted by Crippen LogP contribution is 2.18. The molecule has 0 spiro atoms. The van der Waals surface area contributed by atoms with Gasteiger partial charge in [-0.1, -0.05) is 30.3 Å². The van der Waals surface area contributed by atoms with Gasteiger partial charge in [0.25, 0.3) is 0 Å². The van der Waals surface area contributed by atoms with E-state index in [1.165, 1.54) is 6.92 Å². The minimum absolute atomic E-state index is 0.0580. The second kappa shape index (κ2) is 7.39. The number of ketones is 1. The average molecular weight is 294 g/mol. The molecule has 0 radical (unpaired) electrons. The average Bonchev–Trinajstić information content (AvgIpc) is 2.53. The van der Waals surface area contributed by atoms with Gasteiger partial charge in [0.05, 0.1) is 17.4 Å². The molecular formula is C18H18N2O2. The standard InChI is InChI=1S/C18H18N2O2/c1-13(21)15-7-8-16(11-19)18(10-15)20-12-17(22)9-14-5-3-2-4-6-14/h2-8,10,17,20,22H,9,12H2,1H3. The molecule has 0 aliphatic carbocycles. The molecule has 4 heteroatoms. The Bertz CT molecular complexity index is 690. The van der Waals surface area contributed by atoms with Crippen LogP contribution < -0.4 is 5.32 Å². The largest absolute Gasteiger partial charge is 0.391 e. The molecule has 2 rings (SSSR count). The predicted octanol–water partition coefficient (Wildman–Crippen LogP) is 2.78. The molecule has 0 amide bonds. The summed E-state index contributed by atoms with van der Waals surface area (Å²) >= 11 is 0. The lowest BCUT2D eigenvalue weighted by Crippen LogP contribution is -2.22. The van der Waals surface area contributed by atoms with E-state index in [9.17, 15) is 9.90 Å². The van der Waals surface area contributed by atoms with Crippen LogP contribution in [-0.2, 0) is 6.42 Å². The maximum absolute atomic E-state index is 11.4. The Kier molecular flexibility index (Phi) is 5.29. The molecule has 0 saturated carbocycles. The summed E-state index contributed by atoms with van der Waals surface area (Å²) in [5, 5.41) is 22.3. The summed E-state index contributed by atoms with van der Waals surface area (Å²) in [6.45, 7) is 1.79. The number of benzene rings is 2. The summed E-state index contributed by atoms with van der Waals surface area (Å²) in [6.07, 6.45) is -0.0443. The maximum atomic E-state index is 11.4. The van der Waals surface area contributed by atoms with E-state index in [4.69, 9.17) is 5.26 Å². The van der Waals surface area contributed by atoms with Crippen molar-refractivity contribution in [1.82, 2.24) is 0 Å². The molecule has 0 saturated heterocycles. The fourth-order valence-electron chi connectivity index (χ4n) is 2.19. The molecule has 1 unspecified atom stereocenters. The molecule has 22 heavy (non-hydrogen) atoms. The van der Waals surface area contributed by atoms with E-state index >= 15 is 0 Å². The second-order valence-corrected chi connectivity index (χ2v) is 5.15. The van der Waals surface area contributed by atoms with Gasteiger partial charge in [0.2, 0.25) is 0 Å². The van der Waals surface area contributed by atoms with Crippen molar-refractivity contribution in [3.8, 4) is 6.07 Å². The highest BCUT2D eigenvalue weighted by molar-refractivity contribution is 5.95. The molecule has 0 aliphatic rings. The molecule has 2 aromatic rings. The molecule has 112 valence electrons. The SMILES string of the molecule is CC(=O)c1ccc(C#N)c(NCC(O)Cc2ccccc2)c1. The van der Waals surface area contributed by atoms with Gasteiger partial charge in [-0.2, -0.15) is 5.26 Å². The Balaban J connectivity index is 2.03. The van der Waals surface area contributed by atoms with Crippen LogP contribution in [0.3, 0.4) is 0 Å². The van der Waals surface area contributed by atoms with Crippen LogP contribution >= 0.6 is 0 Å². The predicted molar refractivity (Wildman–Crippen MR) is 85.8 cm³/mol. The van der Waals surface area contributed by atoms with Crippen molar-refractivity contribution in [1.29, 1.82) is 5.26 Å². The topological polar surface area (TPSA) is 73.1 Å². The van der Waals surface area contributed by atoms with Crippen LogP contribution in [0.1, 0.15) is 28.4 Å². The first kappa shape index (κ1) is 15.7. The van der Waals surface area contributed by atoms with Gasteiger partial charge in [-0.15, -0.1) is 0 Å². The molecule has 0 bridgehead atoms. The second-order valence-electron chi connectivity index (χ2n) is 5.15. The lowest BCUT2D eigenvalue weighted by atomic mass is 10.1. The number of carbonyl (C=O) groups excluding carboxylic acids is 1. The Labute approximate surface area is 130 Å². The fraction of sp³-hybridized carbons (Fsp3) is 0.222. The maximum Gasteiger partial charge on any atom is 0.159 e. The van der Waals surface area contributed by atoms with E-state index in [2.05, 4.69) is 11.4 Å². The molecule has 0 aromatic heterocycles. The van der Waals surface area contributed by atoms with Crippen molar-refractivity contribution in [3.63, 3.8) is 0 Å². The quantitative estimate of drug-likeness (QED) is 0.803. The van der Waals surface area contributed by atoms with Gasteiger partial charge in [0.15, 0.2) is 5.78 Å². The monoisotopic (exact) mass is 294 g/mol. The number of rotatable bonds is 6. The van der Waals surface area contributed by atoms with Crippen molar-refractivity contribution in [2.75, 3.05) is 11.9 Å². The van der Waals surface area contributed by atoms with E-state index in [-0.39, 0.29) is 5.78 Å². The van der Waals surface area contributed by atoms with Crippen molar-refractivity contribution in [2.24, 2.45) is 0 Å². The highest BCUT2D eigenvalue weighted by atomic mass is 16.3. The zero-order valence-corrected chi connectivity index (χ0v) is 12.4. The Morgan fingerprint density at radius 3 is 2.64 bits per heavy atom. The van der Waals surface area contributed by atoms with Gasteiger partial charge in [0, 0.05) is 18.5 Å². The smallest absolute Gasteiger partial charge is 0.159 e. The van der Waals surface area contributed by atoms with Gasteiger partial charge >= 0.3 is 0 Å².